The summed E-state index contributed by atoms with van der Waals surface area (Å²) in [5.41, 5.74) is 4.18. The standard InChI is InChI=1S/C19H23NO3S/c1-14-8-4-6-10-16(14)19(17-11-7-5-9-15(17)2)20-18(21)12-13-24(3,22)23/h4-11,19H,12-13H2,1-3H3,(H,20,21). The lowest BCUT2D eigenvalue weighted by molar-refractivity contribution is -0.121. The van der Waals surface area contributed by atoms with E-state index in [1.54, 1.807) is 0 Å². The summed E-state index contributed by atoms with van der Waals surface area (Å²) in [5.74, 6) is -0.412. The summed E-state index contributed by atoms with van der Waals surface area (Å²) < 4.78 is 22.6. The number of carbonyl (C=O) groups is 1. The van der Waals surface area contributed by atoms with Crippen molar-refractivity contribution in [1.82, 2.24) is 5.32 Å². The molecule has 0 atom stereocenters. The van der Waals surface area contributed by atoms with Crippen molar-refractivity contribution < 1.29 is 13.2 Å². The SMILES string of the molecule is Cc1ccccc1C(NC(=O)CCS(C)(=O)=O)c1ccccc1C. The number of amides is 1. The Balaban J connectivity index is 2.33. The molecule has 0 radical (unpaired) electrons. The van der Waals surface area contributed by atoms with Gasteiger partial charge in [0.2, 0.25) is 5.91 Å². The quantitative estimate of drug-likeness (QED) is 0.875. The van der Waals surface area contributed by atoms with Crippen molar-refractivity contribution in [3.8, 4) is 0 Å². The van der Waals surface area contributed by atoms with Crippen molar-refractivity contribution in [2.24, 2.45) is 0 Å². The molecule has 1 N–H and O–H groups in total. The van der Waals surface area contributed by atoms with Gasteiger partial charge in [0.15, 0.2) is 0 Å². The number of rotatable bonds is 6. The smallest absolute Gasteiger partial charge is 0.221 e. The van der Waals surface area contributed by atoms with Gasteiger partial charge in [-0.1, -0.05) is 48.5 Å². The van der Waals surface area contributed by atoms with Gasteiger partial charge in [-0.2, -0.15) is 0 Å². The number of sulfone groups is 1. The molecule has 0 aliphatic heterocycles. The van der Waals surface area contributed by atoms with Gasteiger partial charge in [0, 0.05) is 12.7 Å². The summed E-state index contributed by atoms with van der Waals surface area (Å²) in [6.07, 6.45) is 1.10. The van der Waals surface area contributed by atoms with Gasteiger partial charge in [-0.3, -0.25) is 4.79 Å². The minimum atomic E-state index is -3.16. The van der Waals surface area contributed by atoms with Gasteiger partial charge in [-0.05, 0) is 36.1 Å². The van der Waals surface area contributed by atoms with Crippen LogP contribution in [0.4, 0.5) is 0 Å². The maximum Gasteiger partial charge on any atom is 0.221 e. The Morgan fingerprint density at radius 3 is 1.83 bits per heavy atom. The summed E-state index contributed by atoms with van der Waals surface area (Å²) >= 11 is 0. The molecule has 2 aromatic carbocycles. The van der Waals surface area contributed by atoms with Gasteiger partial charge < -0.3 is 5.32 Å². The molecule has 2 aromatic rings. The molecule has 2 rings (SSSR count). The van der Waals surface area contributed by atoms with Crippen LogP contribution < -0.4 is 5.32 Å². The molecular formula is C19H23NO3S. The molecule has 0 unspecified atom stereocenters. The lowest BCUT2D eigenvalue weighted by atomic mass is 9.92. The molecule has 0 aromatic heterocycles. The molecular weight excluding hydrogens is 322 g/mol. The van der Waals surface area contributed by atoms with Crippen molar-refractivity contribution in [1.29, 1.82) is 0 Å². The first-order valence-corrected chi connectivity index (χ1v) is 9.92. The third kappa shape index (κ3) is 4.93. The predicted molar refractivity (Wildman–Crippen MR) is 96.7 cm³/mol. The molecule has 0 spiro atoms. The van der Waals surface area contributed by atoms with Gasteiger partial charge in [-0.15, -0.1) is 0 Å². The summed E-state index contributed by atoms with van der Waals surface area (Å²) in [5, 5.41) is 3.00. The van der Waals surface area contributed by atoms with E-state index in [0.717, 1.165) is 28.5 Å². The van der Waals surface area contributed by atoms with Crippen molar-refractivity contribution >= 4 is 15.7 Å². The molecule has 0 saturated heterocycles. The summed E-state index contributed by atoms with van der Waals surface area (Å²) in [7, 11) is -3.16. The van der Waals surface area contributed by atoms with E-state index in [1.807, 2.05) is 62.4 Å². The molecule has 0 aliphatic rings. The second kappa shape index (κ2) is 7.62. The maximum atomic E-state index is 12.3. The molecule has 0 fully saturated rings. The largest absolute Gasteiger partial charge is 0.345 e. The molecule has 24 heavy (non-hydrogen) atoms. The monoisotopic (exact) mass is 345 g/mol. The average molecular weight is 345 g/mol. The highest BCUT2D eigenvalue weighted by atomic mass is 32.2. The van der Waals surface area contributed by atoms with Crippen LogP contribution in [0.2, 0.25) is 0 Å². The van der Waals surface area contributed by atoms with Crippen molar-refractivity contribution in [2.45, 2.75) is 26.3 Å². The number of benzene rings is 2. The van der Waals surface area contributed by atoms with E-state index in [1.165, 1.54) is 0 Å². The van der Waals surface area contributed by atoms with Crippen LogP contribution in [0.25, 0.3) is 0 Å². The molecule has 0 aliphatic carbocycles. The van der Waals surface area contributed by atoms with Crippen LogP contribution >= 0.6 is 0 Å². The van der Waals surface area contributed by atoms with Crippen molar-refractivity contribution in [3.05, 3.63) is 70.8 Å². The van der Waals surface area contributed by atoms with Gasteiger partial charge in [-0.25, -0.2) is 8.42 Å². The number of nitrogens with one attached hydrogen (secondary N) is 1. The van der Waals surface area contributed by atoms with E-state index in [4.69, 9.17) is 0 Å². The minimum absolute atomic E-state index is 0.0346. The Bertz CT molecular complexity index is 783. The highest BCUT2D eigenvalue weighted by Gasteiger charge is 2.20. The first-order valence-electron chi connectivity index (χ1n) is 7.86. The Hall–Kier alpha value is -2.14. The second-order valence-corrected chi connectivity index (χ2v) is 8.35. The van der Waals surface area contributed by atoms with E-state index >= 15 is 0 Å². The predicted octanol–water partition coefficient (Wildman–Crippen LogP) is 2.94. The van der Waals surface area contributed by atoms with Crippen molar-refractivity contribution in [2.75, 3.05) is 12.0 Å². The molecule has 0 saturated carbocycles. The number of hydrogen-bond donors (Lipinski definition) is 1. The molecule has 0 heterocycles. The normalized spacial score (nSPS) is 11.5. The number of hydrogen-bond acceptors (Lipinski definition) is 3. The minimum Gasteiger partial charge on any atom is -0.345 e. The van der Waals surface area contributed by atoms with E-state index in [0.29, 0.717) is 0 Å². The molecule has 0 bridgehead atoms. The Labute approximate surface area is 143 Å². The summed E-state index contributed by atoms with van der Waals surface area (Å²) in [4.78, 5) is 12.3. The van der Waals surface area contributed by atoms with E-state index < -0.39 is 9.84 Å². The van der Waals surface area contributed by atoms with Gasteiger partial charge in [0.1, 0.15) is 9.84 Å². The van der Waals surface area contributed by atoms with Crippen LogP contribution in [0.15, 0.2) is 48.5 Å². The Morgan fingerprint density at radius 1 is 0.958 bits per heavy atom. The fourth-order valence-electron chi connectivity index (χ4n) is 2.66. The van der Waals surface area contributed by atoms with Gasteiger partial charge >= 0.3 is 0 Å². The van der Waals surface area contributed by atoms with Crippen molar-refractivity contribution in [3.63, 3.8) is 0 Å². The molecule has 5 heteroatoms. The fraction of sp³-hybridized carbons (Fsp3) is 0.316. The number of carbonyl (C=O) groups excluding carboxylic acids is 1. The van der Waals surface area contributed by atoms with Gasteiger partial charge in [0.05, 0.1) is 11.8 Å². The van der Waals surface area contributed by atoms with E-state index in [2.05, 4.69) is 5.32 Å². The third-order valence-corrected chi connectivity index (χ3v) is 4.95. The first-order chi connectivity index (χ1) is 11.3. The summed E-state index contributed by atoms with van der Waals surface area (Å²) in [6, 6.07) is 15.5. The highest BCUT2D eigenvalue weighted by molar-refractivity contribution is 7.90. The molecule has 128 valence electrons. The topological polar surface area (TPSA) is 63.2 Å². The summed E-state index contributed by atoms with van der Waals surface area (Å²) in [6.45, 7) is 4.01. The van der Waals surface area contributed by atoms with Crippen LogP contribution in [0.5, 0.6) is 0 Å². The fourth-order valence-corrected chi connectivity index (χ4v) is 3.21. The van der Waals surface area contributed by atoms with Crippen LogP contribution in [0, 0.1) is 13.8 Å². The van der Waals surface area contributed by atoms with Crippen LogP contribution in [-0.4, -0.2) is 26.3 Å². The van der Waals surface area contributed by atoms with Crippen LogP contribution in [-0.2, 0) is 14.6 Å². The highest BCUT2D eigenvalue weighted by Crippen LogP contribution is 2.27. The number of aryl methyl sites for hydroxylation is 2. The van der Waals surface area contributed by atoms with E-state index in [-0.39, 0.29) is 24.1 Å². The van der Waals surface area contributed by atoms with Gasteiger partial charge in [0.25, 0.3) is 0 Å². The lowest BCUT2D eigenvalue weighted by Crippen LogP contribution is -2.31. The lowest BCUT2D eigenvalue weighted by Gasteiger charge is -2.23. The average Bonchev–Trinajstić information content (AvgIpc) is 2.52. The Morgan fingerprint density at radius 2 is 1.42 bits per heavy atom. The zero-order valence-corrected chi connectivity index (χ0v) is 15.1. The second-order valence-electron chi connectivity index (χ2n) is 6.09. The third-order valence-electron chi connectivity index (χ3n) is 4.00. The molecule has 1 amide bonds. The van der Waals surface area contributed by atoms with Crippen LogP contribution in [0.1, 0.15) is 34.7 Å². The zero-order chi connectivity index (χ0) is 17.7. The first kappa shape index (κ1) is 18.2. The maximum absolute atomic E-state index is 12.3. The zero-order valence-electron chi connectivity index (χ0n) is 14.2. The molecule has 4 nitrogen and oxygen atoms in total. The Kier molecular flexibility index (Phi) is 5.78. The van der Waals surface area contributed by atoms with Crippen LogP contribution in [0.3, 0.4) is 0 Å². The van der Waals surface area contributed by atoms with E-state index in [9.17, 15) is 13.2 Å².